The van der Waals surface area contributed by atoms with Gasteiger partial charge in [-0.25, -0.2) is 4.79 Å². The fraction of sp³-hybridized carbons (Fsp3) is 0.833. The number of unbranched alkanes of at least 4 members (excludes halogenated alkanes) is 1. The van der Waals surface area contributed by atoms with Crippen LogP contribution in [0.25, 0.3) is 0 Å². The molecule has 5 heteroatoms. The van der Waals surface area contributed by atoms with E-state index in [1.807, 2.05) is 6.92 Å². The van der Waals surface area contributed by atoms with Crippen LogP contribution in [0.15, 0.2) is 0 Å². The van der Waals surface area contributed by atoms with Crippen molar-refractivity contribution in [2.75, 3.05) is 6.61 Å². The van der Waals surface area contributed by atoms with E-state index in [0.29, 0.717) is 6.61 Å². The van der Waals surface area contributed by atoms with E-state index in [0.717, 1.165) is 12.8 Å². The number of hydrogen-bond acceptors (Lipinski definition) is 5. The molecule has 0 aromatic rings. The Morgan fingerprint density at radius 1 is 1.45 bits per heavy atom. The van der Waals surface area contributed by atoms with Crippen LogP contribution < -0.4 is 0 Å². The molecule has 0 fully saturated rings. The highest BCUT2D eigenvalue weighted by Crippen LogP contribution is 2.25. The molecule has 0 amide bonds. The van der Waals surface area contributed by atoms with E-state index in [4.69, 9.17) is 4.74 Å². The lowest BCUT2D eigenvalue weighted by molar-refractivity contribution is -0.141. The summed E-state index contributed by atoms with van der Waals surface area (Å²) in [5, 5.41) is 0. The van der Waals surface area contributed by atoms with Crippen LogP contribution >= 0.6 is 37.9 Å². The second-order valence-electron chi connectivity index (χ2n) is 2.12. The normalized spacial score (nSPS) is 11.3. The number of esters is 1. The SMILES string of the molecule is CCCCOC(=O)C(S)(S)S. The zero-order valence-electron chi connectivity index (χ0n) is 6.28. The van der Waals surface area contributed by atoms with Crippen LogP contribution in [0.5, 0.6) is 0 Å². The highest BCUT2D eigenvalue weighted by molar-refractivity contribution is 8.18. The summed E-state index contributed by atoms with van der Waals surface area (Å²) in [4.78, 5) is 10.9. The van der Waals surface area contributed by atoms with Crippen LogP contribution in [0, 0.1) is 0 Å². The third-order valence-electron chi connectivity index (χ3n) is 1.00. The predicted molar refractivity (Wildman–Crippen MR) is 55.6 cm³/mol. The molecule has 0 atom stereocenters. The smallest absolute Gasteiger partial charge is 0.342 e. The molecule has 0 saturated heterocycles. The van der Waals surface area contributed by atoms with Gasteiger partial charge in [0.1, 0.15) is 0 Å². The van der Waals surface area contributed by atoms with Gasteiger partial charge in [0.15, 0.2) is 3.41 Å². The van der Waals surface area contributed by atoms with Crippen molar-refractivity contribution in [1.82, 2.24) is 0 Å². The summed E-state index contributed by atoms with van der Waals surface area (Å²) in [5.74, 6) is -0.513. The van der Waals surface area contributed by atoms with Gasteiger partial charge in [0.25, 0.3) is 0 Å². The minimum Gasteiger partial charge on any atom is -0.463 e. The Morgan fingerprint density at radius 3 is 2.36 bits per heavy atom. The van der Waals surface area contributed by atoms with Crippen LogP contribution in [0.1, 0.15) is 19.8 Å². The highest BCUT2D eigenvalue weighted by atomic mass is 32.2. The summed E-state index contributed by atoms with van der Waals surface area (Å²) >= 11 is 11.4. The first-order valence-electron chi connectivity index (χ1n) is 3.32. The molecular formula is C6H12O2S3. The van der Waals surface area contributed by atoms with Crippen molar-refractivity contribution < 1.29 is 9.53 Å². The maximum atomic E-state index is 10.9. The van der Waals surface area contributed by atoms with Gasteiger partial charge in [0.05, 0.1) is 6.61 Å². The Labute approximate surface area is 83.3 Å². The summed E-state index contributed by atoms with van der Waals surface area (Å²) in [7, 11) is 0. The van der Waals surface area contributed by atoms with Crippen LogP contribution in [-0.4, -0.2) is 16.0 Å². The van der Waals surface area contributed by atoms with Gasteiger partial charge in [-0.05, 0) is 6.42 Å². The molecule has 66 valence electrons. The number of ether oxygens (including phenoxy) is 1. The lowest BCUT2D eigenvalue weighted by atomic mass is 10.4. The van der Waals surface area contributed by atoms with Crippen molar-refractivity contribution in [3.8, 4) is 0 Å². The molecule has 0 aliphatic carbocycles. The quantitative estimate of drug-likeness (QED) is 0.287. The monoisotopic (exact) mass is 212 g/mol. The summed E-state index contributed by atoms with van der Waals surface area (Å²) in [6.45, 7) is 2.43. The summed E-state index contributed by atoms with van der Waals surface area (Å²) in [6.07, 6.45) is 1.85. The summed E-state index contributed by atoms with van der Waals surface area (Å²) < 4.78 is 3.51. The number of thiol groups is 3. The van der Waals surface area contributed by atoms with Crippen molar-refractivity contribution in [2.24, 2.45) is 0 Å². The van der Waals surface area contributed by atoms with Crippen LogP contribution in [0.2, 0.25) is 0 Å². The first kappa shape index (κ1) is 11.5. The average Bonchev–Trinajstić information content (AvgIpc) is 1.86. The molecule has 0 saturated carbocycles. The maximum Gasteiger partial charge on any atom is 0.342 e. The molecule has 11 heavy (non-hydrogen) atoms. The van der Waals surface area contributed by atoms with Crippen molar-refractivity contribution in [3.05, 3.63) is 0 Å². The second kappa shape index (κ2) is 5.22. The lowest BCUT2D eigenvalue weighted by Crippen LogP contribution is -2.22. The zero-order chi connectivity index (χ0) is 8.91. The largest absolute Gasteiger partial charge is 0.463 e. The first-order valence-corrected chi connectivity index (χ1v) is 4.67. The van der Waals surface area contributed by atoms with Crippen molar-refractivity contribution in [3.63, 3.8) is 0 Å². The molecule has 0 heterocycles. The van der Waals surface area contributed by atoms with Gasteiger partial charge in [-0.2, -0.15) is 0 Å². The molecule has 0 aromatic carbocycles. The van der Waals surface area contributed by atoms with Gasteiger partial charge < -0.3 is 4.74 Å². The van der Waals surface area contributed by atoms with Gasteiger partial charge in [0.2, 0.25) is 0 Å². The van der Waals surface area contributed by atoms with E-state index in [-0.39, 0.29) is 0 Å². The van der Waals surface area contributed by atoms with Crippen molar-refractivity contribution in [2.45, 2.75) is 23.2 Å². The molecule has 0 aliphatic rings. The highest BCUT2D eigenvalue weighted by Gasteiger charge is 2.26. The van der Waals surface area contributed by atoms with E-state index in [2.05, 4.69) is 37.9 Å². The number of rotatable bonds is 4. The molecule has 0 rings (SSSR count). The molecule has 0 unspecified atom stereocenters. The Kier molecular flexibility index (Phi) is 5.46. The van der Waals surface area contributed by atoms with Crippen molar-refractivity contribution in [1.29, 1.82) is 0 Å². The van der Waals surface area contributed by atoms with Crippen LogP contribution in [0.3, 0.4) is 0 Å². The zero-order valence-corrected chi connectivity index (χ0v) is 8.96. The minimum atomic E-state index is -1.27. The number of carbonyl (C=O) groups excluding carboxylic acids is 1. The fourth-order valence-corrected chi connectivity index (χ4v) is 0.600. The lowest BCUT2D eigenvalue weighted by Gasteiger charge is -2.13. The van der Waals surface area contributed by atoms with Gasteiger partial charge in [-0.1, -0.05) is 13.3 Å². The van der Waals surface area contributed by atoms with Gasteiger partial charge in [-0.15, -0.1) is 37.9 Å². The maximum absolute atomic E-state index is 10.9. The van der Waals surface area contributed by atoms with Crippen molar-refractivity contribution >= 4 is 43.9 Å². The third-order valence-corrected chi connectivity index (χ3v) is 1.55. The molecule has 0 aliphatic heterocycles. The minimum absolute atomic E-state index is 0.415. The molecule has 0 bridgehead atoms. The van der Waals surface area contributed by atoms with E-state index < -0.39 is 9.38 Å². The second-order valence-corrected chi connectivity index (χ2v) is 5.20. The Balaban J connectivity index is 3.54. The molecule has 0 aromatic heterocycles. The van der Waals surface area contributed by atoms with E-state index >= 15 is 0 Å². The van der Waals surface area contributed by atoms with Crippen LogP contribution in [0.4, 0.5) is 0 Å². The average molecular weight is 212 g/mol. The molecule has 0 N–H and O–H groups in total. The Bertz CT molecular complexity index is 130. The number of hydrogen-bond donors (Lipinski definition) is 3. The molecule has 0 spiro atoms. The summed E-state index contributed by atoms with van der Waals surface area (Å²) in [5.41, 5.74) is 0. The van der Waals surface area contributed by atoms with E-state index in [1.54, 1.807) is 0 Å². The standard InChI is InChI=1S/C6H12O2S3/c1-2-3-4-8-5(7)6(9,10)11/h9-11H,2-4H2,1H3. The van der Waals surface area contributed by atoms with E-state index in [9.17, 15) is 4.79 Å². The topological polar surface area (TPSA) is 26.3 Å². The molecule has 0 radical (unpaired) electrons. The Hall–Kier alpha value is 0.520. The predicted octanol–water partition coefficient (Wildman–Crippen LogP) is 1.77. The fourth-order valence-electron chi connectivity index (χ4n) is 0.406. The van der Waals surface area contributed by atoms with Gasteiger partial charge in [0, 0.05) is 0 Å². The summed E-state index contributed by atoms with van der Waals surface area (Å²) in [6, 6.07) is 0. The molecule has 2 nitrogen and oxygen atoms in total. The Morgan fingerprint density at radius 2 is 2.00 bits per heavy atom. The first-order chi connectivity index (χ1) is 4.98. The number of carbonyl (C=O) groups is 1. The van der Waals surface area contributed by atoms with Crippen LogP contribution in [-0.2, 0) is 9.53 Å². The van der Waals surface area contributed by atoms with Gasteiger partial charge in [-0.3, -0.25) is 0 Å². The van der Waals surface area contributed by atoms with Gasteiger partial charge >= 0.3 is 5.97 Å². The third kappa shape index (κ3) is 5.75. The van der Waals surface area contributed by atoms with E-state index in [1.165, 1.54) is 0 Å². The molecular weight excluding hydrogens is 200 g/mol.